The minimum absolute atomic E-state index is 0.293. The fraction of sp³-hybridized carbons (Fsp3) is 0.316. The topological polar surface area (TPSA) is 79.7 Å². The molecule has 0 spiro atoms. The summed E-state index contributed by atoms with van der Waals surface area (Å²) in [4.78, 5) is 29.7. The van der Waals surface area contributed by atoms with Gasteiger partial charge >= 0.3 is 5.97 Å². The van der Waals surface area contributed by atoms with E-state index in [1.165, 1.54) is 11.1 Å². The summed E-state index contributed by atoms with van der Waals surface area (Å²) in [6, 6.07) is 12.1. The third-order valence-electron chi connectivity index (χ3n) is 4.26. The first-order valence-electron chi connectivity index (χ1n) is 8.32. The average Bonchev–Trinajstić information content (AvgIpc) is 2.67. The van der Waals surface area contributed by atoms with Crippen LogP contribution in [-0.4, -0.2) is 39.5 Å². The second-order valence-electron chi connectivity index (χ2n) is 6.01. The minimum atomic E-state index is -0.956. The van der Waals surface area contributed by atoms with Crippen LogP contribution in [0.15, 0.2) is 48.7 Å². The van der Waals surface area contributed by atoms with Gasteiger partial charge in [-0.3, -0.25) is 4.79 Å². The van der Waals surface area contributed by atoms with Crippen molar-refractivity contribution in [2.45, 2.75) is 31.9 Å². The number of hydrogen-bond acceptors (Lipinski definition) is 4. The van der Waals surface area contributed by atoms with Gasteiger partial charge in [0.05, 0.1) is 0 Å². The molecule has 3 rings (SSSR count). The number of carbonyl (C=O) groups is 2. The molecule has 1 aromatic heterocycles. The van der Waals surface area contributed by atoms with Crippen LogP contribution in [0.25, 0.3) is 0 Å². The molecule has 1 aliphatic heterocycles. The molecule has 0 saturated carbocycles. The lowest BCUT2D eigenvalue weighted by atomic mass is 10.0. The molecule has 1 fully saturated rings. The Morgan fingerprint density at radius 2 is 2.00 bits per heavy atom. The van der Waals surface area contributed by atoms with Gasteiger partial charge in [0.2, 0.25) is 5.88 Å². The molecule has 1 unspecified atom stereocenters. The number of hydrogen-bond donors (Lipinski definition) is 1. The van der Waals surface area contributed by atoms with E-state index < -0.39 is 12.0 Å². The Hall–Kier alpha value is -2.89. The number of carboxylic acid groups (broad SMARTS) is 1. The van der Waals surface area contributed by atoms with Crippen LogP contribution >= 0.6 is 0 Å². The molecule has 0 radical (unpaired) electrons. The molecule has 6 heteroatoms. The number of pyridine rings is 1. The summed E-state index contributed by atoms with van der Waals surface area (Å²) < 4.78 is 5.65. The number of aliphatic carboxylic acids is 1. The number of amides is 1. The Kier molecular flexibility index (Phi) is 5.28. The molecule has 1 aliphatic rings. The Labute approximate surface area is 146 Å². The molecule has 2 aromatic rings. The van der Waals surface area contributed by atoms with Gasteiger partial charge in [-0.25, -0.2) is 9.78 Å². The Bertz CT molecular complexity index is 748. The molecule has 1 saturated heterocycles. The molecule has 2 heterocycles. The summed E-state index contributed by atoms with van der Waals surface area (Å²) in [5.74, 6) is -0.902. The summed E-state index contributed by atoms with van der Waals surface area (Å²) >= 11 is 0. The quantitative estimate of drug-likeness (QED) is 0.905. The fourth-order valence-corrected chi connectivity index (χ4v) is 2.95. The van der Waals surface area contributed by atoms with Crippen molar-refractivity contribution < 1.29 is 19.4 Å². The standard InChI is InChI=1S/C19H20N2O4/c22-18(21-11-5-4-8-16(21)19(23)24)15-9-10-20-17(12-15)25-13-14-6-2-1-3-7-14/h1-3,6-7,9-10,12,16H,4-5,8,11,13H2,(H,23,24). The zero-order chi connectivity index (χ0) is 17.6. The summed E-state index contributed by atoms with van der Waals surface area (Å²) in [6.45, 7) is 0.811. The summed E-state index contributed by atoms with van der Waals surface area (Å²) in [5, 5.41) is 9.34. The lowest BCUT2D eigenvalue weighted by Crippen LogP contribution is -2.48. The van der Waals surface area contributed by atoms with Gasteiger partial charge < -0.3 is 14.7 Å². The van der Waals surface area contributed by atoms with E-state index in [0.717, 1.165) is 18.4 Å². The predicted octanol–water partition coefficient (Wildman–Crippen LogP) is 2.74. The van der Waals surface area contributed by atoms with Gasteiger partial charge in [0.1, 0.15) is 12.6 Å². The van der Waals surface area contributed by atoms with Gasteiger partial charge in [0.15, 0.2) is 0 Å². The second-order valence-corrected chi connectivity index (χ2v) is 6.01. The summed E-state index contributed by atoms with van der Waals surface area (Å²) in [7, 11) is 0. The highest BCUT2D eigenvalue weighted by Gasteiger charge is 2.32. The maximum Gasteiger partial charge on any atom is 0.326 e. The molecular formula is C19H20N2O4. The maximum atomic E-state index is 12.7. The van der Waals surface area contributed by atoms with E-state index in [-0.39, 0.29) is 5.91 Å². The first-order chi connectivity index (χ1) is 12.1. The van der Waals surface area contributed by atoms with Gasteiger partial charge in [-0.2, -0.15) is 0 Å². The number of piperidine rings is 1. The van der Waals surface area contributed by atoms with E-state index in [2.05, 4.69) is 4.98 Å². The minimum Gasteiger partial charge on any atom is -0.480 e. The highest BCUT2D eigenvalue weighted by molar-refractivity contribution is 5.96. The van der Waals surface area contributed by atoms with Crippen LogP contribution < -0.4 is 4.74 Å². The Morgan fingerprint density at radius 3 is 2.76 bits per heavy atom. The van der Waals surface area contributed by atoms with Crippen LogP contribution in [0.2, 0.25) is 0 Å². The number of likely N-dealkylation sites (tertiary alicyclic amines) is 1. The van der Waals surface area contributed by atoms with Gasteiger partial charge in [0.25, 0.3) is 5.91 Å². The van der Waals surface area contributed by atoms with Gasteiger partial charge in [0, 0.05) is 24.4 Å². The van der Waals surface area contributed by atoms with E-state index >= 15 is 0 Å². The van der Waals surface area contributed by atoms with Crippen molar-refractivity contribution in [1.29, 1.82) is 0 Å². The lowest BCUT2D eigenvalue weighted by Gasteiger charge is -2.33. The van der Waals surface area contributed by atoms with Crippen LogP contribution in [0.3, 0.4) is 0 Å². The highest BCUT2D eigenvalue weighted by Crippen LogP contribution is 2.21. The first kappa shape index (κ1) is 17.0. The molecule has 6 nitrogen and oxygen atoms in total. The number of benzene rings is 1. The first-order valence-corrected chi connectivity index (χ1v) is 8.32. The van der Waals surface area contributed by atoms with E-state index in [0.29, 0.717) is 31.0 Å². The monoisotopic (exact) mass is 340 g/mol. The lowest BCUT2D eigenvalue weighted by molar-refractivity contribution is -0.143. The van der Waals surface area contributed by atoms with E-state index in [9.17, 15) is 14.7 Å². The second kappa shape index (κ2) is 7.79. The molecule has 1 N–H and O–H groups in total. The Morgan fingerprint density at radius 1 is 1.20 bits per heavy atom. The van der Waals surface area contributed by atoms with Crippen LogP contribution in [0.4, 0.5) is 0 Å². The predicted molar refractivity (Wildman–Crippen MR) is 91.3 cm³/mol. The van der Waals surface area contributed by atoms with Crippen LogP contribution in [0, 0.1) is 0 Å². The van der Waals surface area contributed by atoms with E-state index in [1.807, 2.05) is 30.3 Å². The molecular weight excluding hydrogens is 320 g/mol. The van der Waals surface area contributed by atoms with Crippen LogP contribution in [0.1, 0.15) is 35.2 Å². The highest BCUT2D eigenvalue weighted by atomic mass is 16.5. The molecule has 1 amide bonds. The van der Waals surface area contributed by atoms with Crippen molar-refractivity contribution in [1.82, 2.24) is 9.88 Å². The van der Waals surface area contributed by atoms with Crippen molar-refractivity contribution in [3.05, 3.63) is 59.8 Å². The third-order valence-corrected chi connectivity index (χ3v) is 4.26. The Balaban J connectivity index is 1.71. The molecule has 130 valence electrons. The normalized spacial score (nSPS) is 17.1. The van der Waals surface area contributed by atoms with Crippen molar-refractivity contribution in [3.8, 4) is 5.88 Å². The zero-order valence-corrected chi connectivity index (χ0v) is 13.8. The van der Waals surface area contributed by atoms with Gasteiger partial charge in [-0.1, -0.05) is 30.3 Å². The van der Waals surface area contributed by atoms with Gasteiger partial charge in [-0.15, -0.1) is 0 Å². The fourth-order valence-electron chi connectivity index (χ4n) is 2.95. The molecule has 1 atom stereocenters. The molecule has 1 aromatic carbocycles. The number of ether oxygens (including phenoxy) is 1. The van der Waals surface area contributed by atoms with Crippen LogP contribution in [-0.2, 0) is 11.4 Å². The number of carboxylic acids is 1. The van der Waals surface area contributed by atoms with Gasteiger partial charge in [-0.05, 0) is 30.9 Å². The van der Waals surface area contributed by atoms with Crippen molar-refractivity contribution in [2.24, 2.45) is 0 Å². The van der Waals surface area contributed by atoms with Crippen molar-refractivity contribution >= 4 is 11.9 Å². The molecule has 0 bridgehead atoms. The number of carbonyl (C=O) groups excluding carboxylic acids is 1. The SMILES string of the molecule is O=C(O)C1CCCCN1C(=O)c1ccnc(OCc2ccccc2)c1. The maximum absolute atomic E-state index is 12.7. The number of rotatable bonds is 5. The molecule has 0 aliphatic carbocycles. The van der Waals surface area contributed by atoms with Crippen LogP contribution in [0.5, 0.6) is 5.88 Å². The van der Waals surface area contributed by atoms with Crippen molar-refractivity contribution in [2.75, 3.05) is 6.54 Å². The third kappa shape index (κ3) is 4.15. The summed E-state index contributed by atoms with van der Waals surface area (Å²) in [6.07, 6.45) is 3.64. The van der Waals surface area contributed by atoms with E-state index in [4.69, 9.17) is 4.74 Å². The average molecular weight is 340 g/mol. The summed E-state index contributed by atoms with van der Waals surface area (Å²) in [5.41, 5.74) is 1.40. The van der Waals surface area contributed by atoms with E-state index in [1.54, 1.807) is 12.1 Å². The zero-order valence-electron chi connectivity index (χ0n) is 13.8. The number of aromatic nitrogens is 1. The largest absolute Gasteiger partial charge is 0.480 e. The van der Waals surface area contributed by atoms with Crippen molar-refractivity contribution in [3.63, 3.8) is 0 Å². The molecule has 25 heavy (non-hydrogen) atoms. The smallest absolute Gasteiger partial charge is 0.326 e. The number of nitrogens with zero attached hydrogens (tertiary/aromatic N) is 2.